The average molecular weight is 389 g/mol. The topological polar surface area (TPSA) is 176 Å². The number of hydrogen-bond donors (Lipinski definition) is 4. The Balaban J connectivity index is 0.000000531. The summed E-state index contributed by atoms with van der Waals surface area (Å²) < 4.78 is 26.2. The Morgan fingerprint density at radius 3 is 1.96 bits per heavy atom. The summed E-state index contributed by atoms with van der Waals surface area (Å²) in [4.78, 5) is 22.8. The van der Waals surface area contributed by atoms with Gasteiger partial charge >= 0.3 is 11.9 Å². The zero-order chi connectivity index (χ0) is 20.6. The normalized spacial score (nSPS) is 13.8. The van der Waals surface area contributed by atoms with Crippen LogP contribution in [0.4, 0.5) is 0 Å². The molecule has 0 aliphatic carbocycles. The molecular formula is C16H27N3O6S. The molecule has 0 spiro atoms. The van der Waals surface area contributed by atoms with E-state index in [0.717, 1.165) is 0 Å². The summed E-state index contributed by atoms with van der Waals surface area (Å²) in [5.41, 5.74) is 8.04. The number of benzene rings is 1. The molecule has 0 aliphatic heterocycles. The number of carbonyl (C=O) groups excluding carboxylic acids is 1. The van der Waals surface area contributed by atoms with E-state index in [1.54, 1.807) is 39.0 Å². The van der Waals surface area contributed by atoms with Gasteiger partial charge in [-0.3, -0.25) is 0 Å². The van der Waals surface area contributed by atoms with Gasteiger partial charge in [-0.2, -0.15) is 0 Å². The van der Waals surface area contributed by atoms with Crippen molar-refractivity contribution in [1.29, 1.82) is 0 Å². The molecule has 0 aromatic heterocycles. The molecule has 1 rings (SSSR count). The summed E-state index contributed by atoms with van der Waals surface area (Å²) >= 11 is 0. The monoisotopic (exact) mass is 389 g/mol. The van der Waals surface area contributed by atoms with E-state index in [2.05, 4.69) is 0 Å². The molecule has 0 amide bonds. The SMILES string of the molecule is CC(C)(C)OC(=O)C(N)(CCCN)C(=O)O.NS(=O)(=O)c1ccccc1. The Morgan fingerprint density at radius 1 is 1.15 bits per heavy atom. The standard InChI is InChI=1S/C10H20N2O4.C6H7NO2S/c1-9(2,3)16-8(15)10(12,7(13)14)5-4-6-11;7-10(8,9)6-4-2-1-3-5-6/h4-6,11-12H2,1-3H3,(H,13,14);1-5H,(H2,7,8,9). The molecule has 26 heavy (non-hydrogen) atoms. The van der Waals surface area contributed by atoms with E-state index in [-0.39, 0.29) is 17.9 Å². The Hall–Kier alpha value is -2.01. The number of carboxylic acids is 1. The van der Waals surface area contributed by atoms with Gasteiger partial charge in [0.15, 0.2) is 0 Å². The second-order valence-electron chi connectivity index (χ2n) is 6.53. The molecule has 0 saturated carbocycles. The van der Waals surface area contributed by atoms with Crippen molar-refractivity contribution in [2.45, 2.75) is 49.6 Å². The van der Waals surface area contributed by atoms with Crippen LogP contribution in [0.5, 0.6) is 0 Å². The van der Waals surface area contributed by atoms with Crippen LogP contribution in [0.3, 0.4) is 0 Å². The van der Waals surface area contributed by atoms with Gasteiger partial charge in [0.05, 0.1) is 4.90 Å². The Morgan fingerprint density at radius 2 is 1.65 bits per heavy atom. The van der Waals surface area contributed by atoms with E-state index >= 15 is 0 Å². The minimum absolute atomic E-state index is 0.0340. The second kappa shape index (κ2) is 9.62. The Kier molecular flexibility index (Phi) is 8.88. The lowest BCUT2D eigenvalue weighted by Crippen LogP contribution is -2.57. The van der Waals surface area contributed by atoms with Gasteiger partial charge < -0.3 is 21.3 Å². The number of rotatable bonds is 6. The maximum atomic E-state index is 11.7. The van der Waals surface area contributed by atoms with Gasteiger partial charge in [0.1, 0.15) is 5.60 Å². The summed E-state index contributed by atoms with van der Waals surface area (Å²) in [6, 6.07) is 7.89. The molecule has 0 saturated heterocycles. The van der Waals surface area contributed by atoms with Gasteiger partial charge in [0.2, 0.25) is 15.6 Å². The highest BCUT2D eigenvalue weighted by Gasteiger charge is 2.44. The first-order chi connectivity index (χ1) is 11.7. The van der Waals surface area contributed by atoms with E-state index in [1.165, 1.54) is 12.1 Å². The molecule has 10 heteroatoms. The molecule has 9 nitrogen and oxygen atoms in total. The van der Waals surface area contributed by atoms with E-state index in [0.29, 0.717) is 6.42 Å². The Bertz CT molecular complexity index is 700. The van der Waals surface area contributed by atoms with Crippen LogP contribution >= 0.6 is 0 Å². The van der Waals surface area contributed by atoms with Gasteiger partial charge in [0.25, 0.3) is 0 Å². The highest BCUT2D eigenvalue weighted by atomic mass is 32.2. The van der Waals surface area contributed by atoms with Crippen LogP contribution in [-0.4, -0.2) is 43.1 Å². The molecule has 1 aromatic rings. The zero-order valence-electron chi connectivity index (χ0n) is 15.1. The fraction of sp³-hybridized carbons (Fsp3) is 0.500. The van der Waals surface area contributed by atoms with Crippen LogP contribution in [0.1, 0.15) is 33.6 Å². The van der Waals surface area contributed by atoms with Crippen molar-refractivity contribution in [3.63, 3.8) is 0 Å². The molecular weight excluding hydrogens is 362 g/mol. The van der Waals surface area contributed by atoms with Crippen LogP contribution < -0.4 is 16.6 Å². The third kappa shape index (κ3) is 8.39. The number of carbonyl (C=O) groups is 2. The van der Waals surface area contributed by atoms with Gasteiger partial charge in [0, 0.05) is 0 Å². The van der Waals surface area contributed by atoms with Crippen molar-refractivity contribution < 1.29 is 27.9 Å². The lowest BCUT2D eigenvalue weighted by Gasteiger charge is -2.27. The third-order valence-corrected chi connectivity index (χ3v) is 3.92. The van der Waals surface area contributed by atoms with Crippen LogP contribution in [0, 0.1) is 0 Å². The number of ether oxygens (including phenoxy) is 1. The minimum atomic E-state index is -3.50. The first-order valence-electron chi connectivity index (χ1n) is 7.77. The number of aliphatic carboxylic acids is 1. The van der Waals surface area contributed by atoms with E-state index in [1.807, 2.05) is 0 Å². The summed E-state index contributed by atoms with van der Waals surface area (Å²) in [5, 5.41) is 13.8. The molecule has 1 unspecified atom stereocenters. The highest BCUT2D eigenvalue weighted by molar-refractivity contribution is 7.89. The molecule has 7 N–H and O–H groups in total. The van der Waals surface area contributed by atoms with E-state index in [9.17, 15) is 18.0 Å². The second-order valence-corrected chi connectivity index (χ2v) is 8.09. The lowest BCUT2D eigenvalue weighted by atomic mass is 9.94. The smallest absolute Gasteiger partial charge is 0.338 e. The molecule has 0 heterocycles. The summed E-state index contributed by atoms with van der Waals surface area (Å²) in [5.74, 6) is -2.32. The molecule has 0 bridgehead atoms. The number of hydrogen-bond acceptors (Lipinski definition) is 7. The van der Waals surface area contributed by atoms with E-state index < -0.39 is 33.1 Å². The zero-order valence-corrected chi connectivity index (χ0v) is 16.0. The van der Waals surface area contributed by atoms with Gasteiger partial charge in [-0.25, -0.2) is 23.1 Å². The largest absolute Gasteiger partial charge is 0.479 e. The van der Waals surface area contributed by atoms with Crippen LogP contribution in [0.15, 0.2) is 35.2 Å². The van der Waals surface area contributed by atoms with Crippen molar-refractivity contribution in [1.82, 2.24) is 0 Å². The highest BCUT2D eigenvalue weighted by Crippen LogP contribution is 2.17. The quantitative estimate of drug-likeness (QED) is 0.393. The number of primary sulfonamides is 1. The maximum absolute atomic E-state index is 11.7. The number of nitrogens with two attached hydrogens (primary N) is 3. The van der Waals surface area contributed by atoms with Gasteiger partial charge in [-0.05, 0) is 52.3 Å². The molecule has 1 atom stereocenters. The molecule has 1 aromatic carbocycles. The predicted molar refractivity (Wildman–Crippen MR) is 96.5 cm³/mol. The maximum Gasteiger partial charge on any atom is 0.338 e. The first-order valence-corrected chi connectivity index (χ1v) is 9.32. The molecule has 148 valence electrons. The van der Waals surface area contributed by atoms with Crippen molar-refractivity contribution in [3.05, 3.63) is 30.3 Å². The summed E-state index contributed by atoms with van der Waals surface area (Å²) in [7, 11) is -3.50. The fourth-order valence-corrected chi connectivity index (χ4v) is 2.19. The lowest BCUT2D eigenvalue weighted by molar-refractivity contribution is -0.169. The third-order valence-electron chi connectivity index (χ3n) is 2.99. The fourth-order valence-electron chi connectivity index (χ4n) is 1.66. The van der Waals surface area contributed by atoms with Crippen molar-refractivity contribution >= 4 is 22.0 Å². The van der Waals surface area contributed by atoms with Crippen molar-refractivity contribution in [3.8, 4) is 0 Å². The van der Waals surface area contributed by atoms with Crippen molar-refractivity contribution in [2.75, 3.05) is 6.54 Å². The molecule has 0 radical (unpaired) electrons. The number of sulfonamides is 1. The van der Waals surface area contributed by atoms with Gasteiger partial charge in [-0.15, -0.1) is 0 Å². The molecule has 0 fully saturated rings. The first kappa shape index (κ1) is 24.0. The average Bonchev–Trinajstić information content (AvgIpc) is 2.51. The van der Waals surface area contributed by atoms with Gasteiger partial charge in [-0.1, -0.05) is 18.2 Å². The van der Waals surface area contributed by atoms with Crippen LogP contribution in [-0.2, 0) is 24.3 Å². The van der Waals surface area contributed by atoms with Crippen molar-refractivity contribution in [2.24, 2.45) is 16.6 Å². The summed E-state index contributed by atoms with van der Waals surface area (Å²) in [6.45, 7) is 5.22. The van der Waals surface area contributed by atoms with Crippen LogP contribution in [0.25, 0.3) is 0 Å². The Labute approximate surface area is 153 Å². The molecule has 0 aliphatic rings. The summed E-state index contributed by atoms with van der Waals surface area (Å²) in [6.07, 6.45) is 0.315. The predicted octanol–water partition coefficient (Wildman–Crippen LogP) is 0.183. The van der Waals surface area contributed by atoms with E-state index in [4.69, 9.17) is 26.4 Å². The van der Waals surface area contributed by atoms with Crippen LogP contribution in [0.2, 0.25) is 0 Å². The number of carboxylic acid groups (broad SMARTS) is 1. The number of esters is 1. The minimum Gasteiger partial charge on any atom is -0.479 e.